The van der Waals surface area contributed by atoms with Crippen LogP contribution in [0.1, 0.15) is 45.4 Å². The highest BCUT2D eigenvalue weighted by atomic mass is 16.5. The number of methoxy groups -OCH3 is 1. The van der Waals surface area contributed by atoms with E-state index in [9.17, 15) is 4.79 Å². The Morgan fingerprint density at radius 3 is 2.61 bits per heavy atom. The highest BCUT2D eigenvalue weighted by molar-refractivity contribution is 5.91. The van der Waals surface area contributed by atoms with Crippen molar-refractivity contribution >= 4 is 5.91 Å². The SMILES string of the molecule is CCC1NC2(CC2)C(=O)N1CC1(CCOC)CC1. The lowest BCUT2D eigenvalue weighted by Gasteiger charge is -2.28. The molecule has 0 radical (unpaired) electrons. The summed E-state index contributed by atoms with van der Waals surface area (Å²) in [6.45, 7) is 3.91. The predicted molar refractivity (Wildman–Crippen MR) is 69.1 cm³/mol. The van der Waals surface area contributed by atoms with Gasteiger partial charge in [-0.2, -0.15) is 0 Å². The van der Waals surface area contributed by atoms with Crippen LogP contribution in [0, 0.1) is 5.41 Å². The van der Waals surface area contributed by atoms with Gasteiger partial charge in [0.2, 0.25) is 5.91 Å². The molecule has 3 rings (SSSR count). The normalized spacial score (nSPS) is 31.1. The first kappa shape index (κ1) is 12.4. The van der Waals surface area contributed by atoms with Gasteiger partial charge in [0.25, 0.3) is 0 Å². The number of hydrogen-bond acceptors (Lipinski definition) is 3. The number of ether oxygens (including phenoxy) is 1. The van der Waals surface area contributed by atoms with Crippen LogP contribution in [0.3, 0.4) is 0 Å². The fraction of sp³-hybridized carbons (Fsp3) is 0.929. The number of amides is 1. The summed E-state index contributed by atoms with van der Waals surface area (Å²) in [5.74, 6) is 0.359. The molecule has 0 bridgehead atoms. The highest BCUT2D eigenvalue weighted by Gasteiger charge is 2.60. The van der Waals surface area contributed by atoms with E-state index in [-0.39, 0.29) is 11.7 Å². The fourth-order valence-electron chi connectivity index (χ4n) is 3.21. The van der Waals surface area contributed by atoms with Crippen LogP contribution < -0.4 is 5.32 Å². The minimum atomic E-state index is -0.155. The molecule has 2 aliphatic carbocycles. The largest absolute Gasteiger partial charge is 0.385 e. The van der Waals surface area contributed by atoms with Crippen molar-refractivity contribution in [3.8, 4) is 0 Å². The number of rotatable bonds is 6. The maximum absolute atomic E-state index is 12.5. The first-order valence-electron chi connectivity index (χ1n) is 7.22. The molecule has 1 unspecified atom stereocenters. The molecule has 3 aliphatic rings. The molecule has 1 aliphatic heterocycles. The number of hydrogen-bond donors (Lipinski definition) is 1. The van der Waals surface area contributed by atoms with Crippen LogP contribution in [0.2, 0.25) is 0 Å². The zero-order valence-corrected chi connectivity index (χ0v) is 11.5. The number of nitrogens with zero attached hydrogens (tertiary/aromatic N) is 1. The second-order valence-electron chi connectivity index (χ2n) is 6.33. The smallest absolute Gasteiger partial charge is 0.244 e. The molecule has 4 heteroatoms. The fourth-order valence-corrected chi connectivity index (χ4v) is 3.21. The molecule has 4 nitrogen and oxygen atoms in total. The third kappa shape index (κ3) is 1.95. The topological polar surface area (TPSA) is 41.6 Å². The summed E-state index contributed by atoms with van der Waals surface area (Å²) < 4.78 is 5.20. The minimum absolute atomic E-state index is 0.155. The van der Waals surface area contributed by atoms with Crippen molar-refractivity contribution in [2.75, 3.05) is 20.3 Å². The van der Waals surface area contributed by atoms with Crippen LogP contribution in [-0.2, 0) is 9.53 Å². The summed E-state index contributed by atoms with van der Waals surface area (Å²) in [7, 11) is 1.76. The molecule has 18 heavy (non-hydrogen) atoms. The van der Waals surface area contributed by atoms with Crippen LogP contribution >= 0.6 is 0 Å². The summed E-state index contributed by atoms with van der Waals surface area (Å²) in [5, 5.41) is 3.54. The van der Waals surface area contributed by atoms with Crippen LogP contribution in [0.4, 0.5) is 0 Å². The molecule has 1 spiro atoms. The third-order valence-electron chi connectivity index (χ3n) is 4.93. The van der Waals surface area contributed by atoms with Crippen molar-refractivity contribution in [1.82, 2.24) is 10.2 Å². The van der Waals surface area contributed by atoms with Gasteiger partial charge in [0.1, 0.15) is 0 Å². The average Bonchev–Trinajstić information content (AvgIpc) is 3.27. The molecule has 2 saturated carbocycles. The first-order chi connectivity index (χ1) is 8.65. The van der Waals surface area contributed by atoms with Gasteiger partial charge in [0, 0.05) is 20.3 Å². The quantitative estimate of drug-likeness (QED) is 0.779. The Hall–Kier alpha value is -0.610. The lowest BCUT2D eigenvalue weighted by atomic mass is 10.0. The van der Waals surface area contributed by atoms with Crippen LogP contribution in [-0.4, -0.2) is 42.8 Å². The van der Waals surface area contributed by atoms with E-state index in [0.29, 0.717) is 11.3 Å². The molecule has 102 valence electrons. The van der Waals surface area contributed by atoms with E-state index in [2.05, 4.69) is 17.1 Å². The van der Waals surface area contributed by atoms with Crippen molar-refractivity contribution in [1.29, 1.82) is 0 Å². The summed E-state index contributed by atoms with van der Waals surface area (Å²) in [6.07, 6.45) is 6.94. The Bertz CT molecular complexity index is 348. The van der Waals surface area contributed by atoms with Gasteiger partial charge in [0.05, 0.1) is 11.7 Å². The second kappa shape index (κ2) is 4.20. The minimum Gasteiger partial charge on any atom is -0.385 e. The zero-order valence-electron chi connectivity index (χ0n) is 11.5. The molecule has 0 aromatic carbocycles. The molecule has 3 fully saturated rings. The van der Waals surface area contributed by atoms with Crippen molar-refractivity contribution in [3.05, 3.63) is 0 Å². The lowest BCUT2D eigenvalue weighted by Crippen LogP contribution is -2.40. The zero-order chi connectivity index (χ0) is 12.8. The van der Waals surface area contributed by atoms with Gasteiger partial charge >= 0.3 is 0 Å². The van der Waals surface area contributed by atoms with E-state index < -0.39 is 0 Å². The van der Waals surface area contributed by atoms with E-state index >= 15 is 0 Å². The van der Waals surface area contributed by atoms with Crippen molar-refractivity contribution < 1.29 is 9.53 Å². The Kier molecular flexibility index (Phi) is 2.90. The summed E-state index contributed by atoms with van der Waals surface area (Å²) in [5.41, 5.74) is 0.208. The van der Waals surface area contributed by atoms with Gasteiger partial charge in [-0.05, 0) is 43.9 Å². The van der Waals surface area contributed by atoms with Crippen molar-refractivity contribution in [3.63, 3.8) is 0 Å². The van der Waals surface area contributed by atoms with E-state index in [1.807, 2.05) is 0 Å². The number of nitrogens with one attached hydrogen (secondary N) is 1. The Labute approximate surface area is 109 Å². The number of carbonyl (C=O) groups is 1. The van der Waals surface area contributed by atoms with E-state index in [0.717, 1.165) is 38.8 Å². The molecule has 0 aromatic rings. The molecule has 1 amide bonds. The van der Waals surface area contributed by atoms with E-state index in [1.165, 1.54) is 12.8 Å². The Morgan fingerprint density at radius 2 is 2.11 bits per heavy atom. The molecule has 1 heterocycles. The predicted octanol–water partition coefficient (Wildman–Crippen LogP) is 1.50. The van der Waals surface area contributed by atoms with Gasteiger partial charge in [-0.15, -0.1) is 0 Å². The van der Waals surface area contributed by atoms with E-state index in [1.54, 1.807) is 7.11 Å². The van der Waals surface area contributed by atoms with Gasteiger partial charge in [-0.25, -0.2) is 0 Å². The van der Waals surface area contributed by atoms with Crippen LogP contribution in [0.5, 0.6) is 0 Å². The lowest BCUT2D eigenvalue weighted by molar-refractivity contribution is -0.131. The molecular weight excluding hydrogens is 228 g/mol. The maximum Gasteiger partial charge on any atom is 0.244 e. The van der Waals surface area contributed by atoms with E-state index in [4.69, 9.17) is 4.74 Å². The summed E-state index contributed by atoms with van der Waals surface area (Å²) in [6, 6.07) is 0. The maximum atomic E-state index is 12.5. The van der Waals surface area contributed by atoms with Crippen LogP contribution in [0.15, 0.2) is 0 Å². The molecule has 1 N–H and O–H groups in total. The molecule has 1 saturated heterocycles. The average molecular weight is 252 g/mol. The van der Waals surface area contributed by atoms with Gasteiger partial charge in [0.15, 0.2) is 0 Å². The third-order valence-corrected chi connectivity index (χ3v) is 4.93. The molecule has 0 aromatic heterocycles. The Morgan fingerprint density at radius 1 is 1.39 bits per heavy atom. The van der Waals surface area contributed by atoms with Gasteiger partial charge < -0.3 is 9.64 Å². The molecular formula is C14H24N2O2. The van der Waals surface area contributed by atoms with Crippen molar-refractivity contribution in [2.24, 2.45) is 5.41 Å². The number of carbonyl (C=O) groups excluding carboxylic acids is 1. The standard InChI is InChI=1S/C14H24N2O2/c1-3-11-15-14(6-7-14)12(17)16(11)10-13(4-5-13)8-9-18-2/h11,15H,3-10H2,1-2H3. The highest BCUT2D eigenvalue weighted by Crippen LogP contribution is 2.51. The van der Waals surface area contributed by atoms with Crippen molar-refractivity contribution in [2.45, 2.75) is 57.2 Å². The summed E-state index contributed by atoms with van der Waals surface area (Å²) in [4.78, 5) is 14.6. The van der Waals surface area contributed by atoms with Crippen LogP contribution in [0.25, 0.3) is 0 Å². The second-order valence-corrected chi connectivity index (χ2v) is 6.33. The monoisotopic (exact) mass is 252 g/mol. The van der Waals surface area contributed by atoms with Gasteiger partial charge in [-0.3, -0.25) is 10.1 Å². The Balaban J connectivity index is 1.66. The first-order valence-corrected chi connectivity index (χ1v) is 7.22. The summed E-state index contributed by atoms with van der Waals surface area (Å²) >= 11 is 0. The molecule has 1 atom stereocenters. The van der Waals surface area contributed by atoms with Gasteiger partial charge in [-0.1, -0.05) is 6.92 Å².